The van der Waals surface area contributed by atoms with Gasteiger partial charge in [0.05, 0.1) is 11.7 Å². The van der Waals surface area contributed by atoms with E-state index in [-0.39, 0.29) is 18.8 Å². The molecule has 1 N–H and O–H groups in total. The van der Waals surface area contributed by atoms with Crippen molar-refractivity contribution in [3.63, 3.8) is 0 Å². The van der Waals surface area contributed by atoms with Crippen LogP contribution in [0.15, 0.2) is 42.7 Å². The average Bonchev–Trinajstić information content (AvgIpc) is 3.34. The van der Waals surface area contributed by atoms with Crippen LogP contribution >= 0.6 is 0 Å². The minimum Gasteiger partial charge on any atom is -0.488 e. The quantitative estimate of drug-likeness (QED) is 0.876. The van der Waals surface area contributed by atoms with Crippen LogP contribution in [0.1, 0.15) is 23.2 Å². The van der Waals surface area contributed by atoms with E-state index in [0.29, 0.717) is 54.2 Å². The molecular weight excluding hydrogens is 360 g/mol. The second-order valence-corrected chi connectivity index (χ2v) is 7.68. The molecule has 7 heteroatoms. The summed E-state index contributed by atoms with van der Waals surface area (Å²) in [5.41, 5.74) is 0.606. The van der Waals surface area contributed by atoms with Crippen molar-refractivity contribution in [1.29, 1.82) is 0 Å². The first-order valence-electron chi connectivity index (χ1n) is 9.61. The van der Waals surface area contributed by atoms with Crippen molar-refractivity contribution >= 4 is 5.91 Å². The molecular formula is C21H22N2O5. The van der Waals surface area contributed by atoms with E-state index in [1.54, 1.807) is 30.6 Å². The highest BCUT2D eigenvalue weighted by molar-refractivity contribution is 5.94. The lowest BCUT2D eigenvalue weighted by Gasteiger charge is -2.35. The number of amides is 1. The Kier molecular flexibility index (Phi) is 4.31. The van der Waals surface area contributed by atoms with E-state index in [1.165, 1.54) is 0 Å². The van der Waals surface area contributed by atoms with Gasteiger partial charge in [0, 0.05) is 31.5 Å². The second kappa shape index (κ2) is 6.98. The molecule has 7 nitrogen and oxygen atoms in total. The highest BCUT2D eigenvalue weighted by Crippen LogP contribution is 2.40. The molecule has 1 aliphatic carbocycles. The largest absolute Gasteiger partial charge is 0.488 e. The predicted molar refractivity (Wildman–Crippen MR) is 99.3 cm³/mol. The summed E-state index contributed by atoms with van der Waals surface area (Å²) in [7, 11) is 0. The average molecular weight is 382 g/mol. The number of rotatable bonds is 3. The maximum atomic E-state index is 12.7. The number of aliphatic hydroxyl groups excluding tert-OH is 1. The van der Waals surface area contributed by atoms with Gasteiger partial charge in [-0.15, -0.1) is 0 Å². The topological polar surface area (TPSA) is 81.1 Å². The summed E-state index contributed by atoms with van der Waals surface area (Å²) in [6.45, 7) is 1.58. The molecule has 4 atom stereocenters. The van der Waals surface area contributed by atoms with Crippen LogP contribution in [0.5, 0.6) is 17.2 Å². The van der Waals surface area contributed by atoms with Gasteiger partial charge in [0.2, 0.25) is 6.79 Å². The maximum Gasteiger partial charge on any atom is 0.255 e. The second-order valence-electron chi connectivity index (χ2n) is 7.68. The summed E-state index contributed by atoms with van der Waals surface area (Å²) < 4.78 is 16.8. The summed E-state index contributed by atoms with van der Waals surface area (Å²) in [5, 5.41) is 10.6. The molecule has 3 heterocycles. The van der Waals surface area contributed by atoms with Crippen molar-refractivity contribution in [2.45, 2.75) is 25.0 Å². The number of benzene rings is 1. The Morgan fingerprint density at radius 3 is 2.79 bits per heavy atom. The molecule has 0 unspecified atom stereocenters. The lowest BCUT2D eigenvalue weighted by Crippen LogP contribution is -2.42. The predicted octanol–water partition coefficient (Wildman–Crippen LogP) is 2.10. The van der Waals surface area contributed by atoms with Crippen molar-refractivity contribution in [3.8, 4) is 17.2 Å². The van der Waals surface area contributed by atoms with Gasteiger partial charge >= 0.3 is 0 Å². The maximum absolute atomic E-state index is 12.7. The normalized spacial score (nSPS) is 28.1. The Bertz CT molecular complexity index is 874. The van der Waals surface area contributed by atoms with Crippen LogP contribution in [-0.2, 0) is 0 Å². The fourth-order valence-electron chi connectivity index (χ4n) is 4.48. The summed E-state index contributed by atoms with van der Waals surface area (Å²) in [4.78, 5) is 18.6. The van der Waals surface area contributed by atoms with E-state index in [2.05, 4.69) is 4.98 Å². The number of likely N-dealkylation sites (tertiary alicyclic amines) is 1. The minimum atomic E-state index is -0.555. The Morgan fingerprint density at radius 1 is 1.14 bits per heavy atom. The van der Waals surface area contributed by atoms with E-state index in [1.807, 2.05) is 17.0 Å². The molecule has 146 valence electrons. The molecule has 1 saturated heterocycles. The molecule has 0 bridgehead atoms. The number of hydrogen-bond acceptors (Lipinski definition) is 6. The number of pyridine rings is 1. The third kappa shape index (κ3) is 3.16. The monoisotopic (exact) mass is 382 g/mol. The van der Waals surface area contributed by atoms with Crippen LogP contribution in [0, 0.1) is 11.8 Å². The highest BCUT2D eigenvalue weighted by Gasteiger charge is 2.44. The standard InChI is InChI=1S/C21H22N2O5/c24-17-6-14-10-23(21(25)13-2-1-5-22-9-13)11-15(14)7-19(17)28-16-3-4-18-20(8-16)27-12-26-18/h1-5,8-9,14-15,17,19,24H,6-7,10-12H2/t14-,15+,17+,19+/m0/s1. The first kappa shape index (κ1) is 17.3. The SMILES string of the molecule is O=C(c1cccnc1)N1C[C@H]2C[C@@H](Oc3ccc4c(c3)OCO4)[C@H](O)C[C@H]2C1. The van der Waals surface area contributed by atoms with Crippen molar-refractivity contribution in [2.24, 2.45) is 11.8 Å². The van der Waals surface area contributed by atoms with Gasteiger partial charge in [-0.2, -0.15) is 0 Å². The van der Waals surface area contributed by atoms with Crippen molar-refractivity contribution < 1.29 is 24.1 Å². The summed E-state index contributed by atoms with van der Waals surface area (Å²) >= 11 is 0. The molecule has 2 fully saturated rings. The molecule has 3 aliphatic rings. The van der Waals surface area contributed by atoms with Crippen LogP contribution < -0.4 is 14.2 Å². The number of nitrogens with zero attached hydrogens (tertiary/aromatic N) is 2. The van der Waals surface area contributed by atoms with Gasteiger partial charge in [-0.1, -0.05) is 0 Å². The molecule has 1 aromatic heterocycles. The van der Waals surface area contributed by atoms with E-state index >= 15 is 0 Å². The first-order valence-corrected chi connectivity index (χ1v) is 9.61. The Morgan fingerprint density at radius 2 is 1.96 bits per heavy atom. The third-order valence-corrected chi connectivity index (χ3v) is 5.91. The van der Waals surface area contributed by atoms with Gasteiger partial charge in [-0.05, 0) is 48.9 Å². The van der Waals surface area contributed by atoms with E-state index < -0.39 is 6.10 Å². The molecule has 2 aliphatic heterocycles. The molecule has 0 spiro atoms. The number of carbonyl (C=O) groups is 1. The molecule has 1 saturated carbocycles. The van der Waals surface area contributed by atoms with E-state index in [4.69, 9.17) is 14.2 Å². The fourth-order valence-corrected chi connectivity index (χ4v) is 4.48. The zero-order chi connectivity index (χ0) is 19.1. The number of fused-ring (bicyclic) bond motifs is 2. The van der Waals surface area contributed by atoms with Crippen molar-refractivity contribution in [3.05, 3.63) is 48.3 Å². The van der Waals surface area contributed by atoms with Gasteiger partial charge in [-0.25, -0.2) is 0 Å². The van der Waals surface area contributed by atoms with Crippen LogP contribution in [0.25, 0.3) is 0 Å². The first-order chi connectivity index (χ1) is 13.7. The van der Waals surface area contributed by atoms with Gasteiger partial charge in [0.1, 0.15) is 11.9 Å². The van der Waals surface area contributed by atoms with Gasteiger partial charge < -0.3 is 24.2 Å². The third-order valence-electron chi connectivity index (χ3n) is 5.91. The van der Waals surface area contributed by atoms with Crippen LogP contribution in [0.4, 0.5) is 0 Å². The minimum absolute atomic E-state index is 0.00484. The van der Waals surface area contributed by atoms with Gasteiger partial charge in [0.15, 0.2) is 11.5 Å². The Hall–Kier alpha value is -2.80. The highest BCUT2D eigenvalue weighted by atomic mass is 16.7. The van der Waals surface area contributed by atoms with Crippen LogP contribution in [0.2, 0.25) is 0 Å². The Balaban J connectivity index is 1.26. The molecule has 1 aromatic carbocycles. The zero-order valence-corrected chi connectivity index (χ0v) is 15.4. The van der Waals surface area contributed by atoms with Gasteiger partial charge in [0.25, 0.3) is 5.91 Å². The van der Waals surface area contributed by atoms with Crippen molar-refractivity contribution in [2.75, 3.05) is 19.9 Å². The molecule has 5 rings (SSSR count). The van der Waals surface area contributed by atoms with Crippen LogP contribution in [0.3, 0.4) is 0 Å². The molecule has 0 radical (unpaired) electrons. The fraction of sp³-hybridized carbons (Fsp3) is 0.429. The number of aromatic nitrogens is 1. The summed E-state index contributed by atoms with van der Waals surface area (Å²) in [5.74, 6) is 2.65. The molecule has 1 amide bonds. The number of ether oxygens (including phenoxy) is 3. The van der Waals surface area contributed by atoms with Crippen LogP contribution in [-0.4, -0.2) is 53.0 Å². The lowest BCUT2D eigenvalue weighted by molar-refractivity contribution is -0.0232. The smallest absolute Gasteiger partial charge is 0.255 e. The van der Waals surface area contributed by atoms with Gasteiger partial charge in [-0.3, -0.25) is 9.78 Å². The summed E-state index contributed by atoms with van der Waals surface area (Å²) in [6, 6.07) is 9.01. The number of aliphatic hydroxyl groups is 1. The summed E-state index contributed by atoms with van der Waals surface area (Å²) in [6.07, 6.45) is 3.77. The number of carbonyl (C=O) groups excluding carboxylic acids is 1. The zero-order valence-electron chi connectivity index (χ0n) is 15.4. The molecule has 28 heavy (non-hydrogen) atoms. The number of hydrogen-bond donors (Lipinski definition) is 1. The molecule has 2 aromatic rings. The lowest BCUT2D eigenvalue weighted by atomic mass is 9.78. The van der Waals surface area contributed by atoms with Crippen molar-refractivity contribution in [1.82, 2.24) is 9.88 Å². The van der Waals surface area contributed by atoms with E-state index in [9.17, 15) is 9.90 Å². The van der Waals surface area contributed by atoms with E-state index in [0.717, 1.165) is 6.42 Å². The Labute approximate surface area is 162 Å².